The average molecular weight is 504 g/mol. The number of Topliss-reactive ketones (excluding diaryl/α,β-unsaturated/α-hetero) is 1. The minimum atomic E-state index is -3.38. The van der Waals surface area contributed by atoms with Crippen LogP contribution in [0.4, 0.5) is 0 Å². The summed E-state index contributed by atoms with van der Waals surface area (Å²) >= 11 is 0. The van der Waals surface area contributed by atoms with Crippen LogP contribution in [-0.4, -0.2) is 61.0 Å². The van der Waals surface area contributed by atoms with E-state index < -0.39 is 40.0 Å². The number of ketones is 1. The zero-order chi connectivity index (χ0) is 26.0. The van der Waals surface area contributed by atoms with Crippen LogP contribution in [0.2, 0.25) is 0 Å². The van der Waals surface area contributed by atoms with Gasteiger partial charge >= 0.3 is 5.97 Å². The van der Waals surface area contributed by atoms with Crippen LogP contribution in [0.15, 0.2) is 59.5 Å². The Kier molecular flexibility index (Phi) is 9.91. The van der Waals surface area contributed by atoms with E-state index in [0.717, 1.165) is 11.3 Å². The van der Waals surface area contributed by atoms with Gasteiger partial charge in [0.1, 0.15) is 6.04 Å². The smallest absolute Gasteiger partial charge is 0.328 e. The molecule has 0 fully saturated rings. The van der Waals surface area contributed by atoms with E-state index >= 15 is 0 Å². The van der Waals surface area contributed by atoms with Crippen LogP contribution in [0, 0.1) is 5.41 Å². The maximum atomic E-state index is 13.1. The lowest BCUT2D eigenvalue weighted by molar-refractivity contribution is -0.153. The predicted octanol–water partition coefficient (Wildman–Crippen LogP) is 0.913. The highest BCUT2D eigenvalue weighted by Crippen LogP contribution is 2.13. The molecule has 12 heteroatoms. The molecule has 0 aliphatic carbocycles. The lowest BCUT2D eigenvalue weighted by Crippen LogP contribution is -2.53. The van der Waals surface area contributed by atoms with Crippen molar-refractivity contribution < 1.29 is 27.9 Å². The lowest BCUT2D eigenvalue weighted by atomic mass is 10.1. The molecule has 0 bridgehead atoms. The minimum absolute atomic E-state index is 0.0186. The van der Waals surface area contributed by atoms with E-state index in [1.165, 1.54) is 12.1 Å². The zero-order valence-corrected chi connectivity index (χ0v) is 20.0. The molecule has 35 heavy (non-hydrogen) atoms. The number of sulfone groups is 1. The van der Waals surface area contributed by atoms with Crippen molar-refractivity contribution in [2.45, 2.75) is 36.7 Å². The fourth-order valence-electron chi connectivity index (χ4n) is 3.23. The number of hydrogen-bond donors (Lipinski definition) is 5. The number of aliphatic carboxylic acids is 1. The normalized spacial score (nSPS) is 11.9. The van der Waals surface area contributed by atoms with Gasteiger partial charge in [-0.2, -0.15) is 0 Å². The summed E-state index contributed by atoms with van der Waals surface area (Å²) < 4.78 is 23.3. The Hall–Kier alpha value is -3.77. The summed E-state index contributed by atoms with van der Waals surface area (Å²) in [6.07, 6.45) is 0.862. The Morgan fingerprint density at radius 3 is 2.26 bits per heavy atom. The van der Waals surface area contributed by atoms with Crippen molar-refractivity contribution in [3.05, 3.63) is 65.7 Å². The van der Waals surface area contributed by atoms with E-state index in [1.807, 2.05) is 0 Å². The first-order valence-electron chi connectivity index (χ1n) is 10.7. The molecule has 2 rings (SSSR count). The van der Waals surface area contributed by atoms with Gasteiger partial charge in [0, 0.05) is 24.9 Å². The third-order valence-corrected chi connectivity index (χ3v) is 6.18. The highest BCUT2D eigenvalue weighted by atomic mass is 32.2. The van der Waals surface area contributed by atoms with E-state index in [9.17, 15) is 27.9 Å². The Morgan fingerprint density at radius 1 is 1.09 bits per heavy atom. The van der Waals surface area contributed by atoms with E-state index in [1.54, 1.807) is 42.5 Å². The number of nitrogens with zero attached hydrogens (tertiary/aromatic N) is 1. The molecule has 11 nitrogen and oxygen atoms in total. The van der Waals surface area contributed by atoms with Gasteiger partial charge in [0.05, 0.1) is 11.3 Å². The number of hydrazine groups is 1. The second-order valence-electron chi connectivity index (χ2n) is 7.82. The second kappa shape index (κ2) is 12.6. The number of hydrogen-bond acceptors (Lipinski definition) is 7. The summed E-state index contributed by atoms with van der Waals surface area (Å²) in [7, 11) is -3.38. The third kappa shape index (κ3) is 8.83. The van der Waals surface area contributed by atoms with Crippen molar-refractivity contribution in [2.24, 2.45) is 5.73 Å². The average Bonchev–Trinajstić information content (AvgIpc) is 2.80. The number of guanidine groups is 1. The molecule has 0 aliphatic heterocycles. The number of amides is 1. The zero-order valence-electron chi connectivity index (χ0n) is 19.2. The summed E-state index contributed by atoms with van der Waals surface area (Å²) in [4.78, 5) is 37.8. The molecule has 0 aromatic heterocycles. The minimum Gasteiger partial charge on any atom is -0.480 e. The maximum absolute atomic E-state index is 13.1. The van der Waals surface area contributed by atoms with Gasteiger partial charge in [-0.15, -0.1) is 0 Å². The lowest BCUT2D eigenvalue weighted by Gasteiger charge is -2.29. The first-order valence-corrected chi connectivity index (χ1v) is 12.6. The molecule has 188 valence electrons. The van der Waals surface area contributed by atoms with Gasteiger partial charge in [0.2, 0.25) is 5.91 Å². The fraction of sp³-hybridized carbons (Fsp3) is 0.304. The summed E-state index contributed by atoms with van der Waals surface area (Å²) in [5.41, 5.74) is 8.97. The van der Waals surface area contributed by atoms with Crippen LogP contribution in [0.5, 0.6) is 0 Å². The molecule has 0 radical (unpaired) electrons. The van der Waals surface area contributed by atoms with Gasteiger partial charge < -0.3 is 16.2 Å². The molecule has 1 atom stereocenters. The summed E-state index contributed by atoms with van der Waals surface area (Å²) in [6, 6.07) is 12.8. The number of nitrogens with two attached hydrogens (primary N) is 1. The first-order chi connectivity index (χ1) is 16.5. The highest BCUT2D eigenvalue weighted by Gasteiger charge is 2.30. The van der Waals surface area contributed by atoms with Crippen molar-refractivity contribution >= 4 is 33.5 Å². The maximum Gasteiger partial charge on any atom is 0.328 e. The first kappa shape index (κ1) is 27.5. The molecule has 0 saturated carbocycles. The third-order valence-electron chi connectivity index (χ3n) is 5.05. The highest BCUT2D eigenvalue weighted by molar-refractivity contribution is 7.90. The van der Waals surface area contributed by atoms with Gasteiger partial charge in [-0.1, -0.05) is 42.5 Å². The van der Waals surface area contributed by atoms with E-state index in [-0.39, 0.29) is 36.8 Å². The van der Waals surface area contributed by atoms with Gasteiger partial charge in [0.15, 0.2) is 21.6 Å². The van der Waals surface area contributed by atoms with Gasteiger partial charge in [0.25, 0.3) is 0 Å². The topological polar surface area (TPSA) is 183 Å². The quantitative estimate of drug-likeness (QED) is 0.0662. The van der Waals surface area contributed by atoms with Crippen molar-refractivity contribution in [1.82, 2.24) is 15.8 Å². The number of carbonyl (C=O) groups is 3. The number of carbonyl (C=O) groups excluding carboxylic acids is 2. The molecule has 0 saturated heterocycles. The van der Waals surface area contributed by atoms with Crippen LogP contribution in [0.1, 0.15) is 35.2 Å². The van der Waals surface area contributed by atoms with Crippen LogP contribution in [-0.2, 0) is 26.0 Å². The predicted molar refractivity (Wildman–Crippen MR) is 129 cm³/mol. The van der Waals surface area contributed by atoms with Crippen LogP contribution in [0.25, 0.3) is 0 Å². The molecule has 6 N–H and O–H groups in total. The van der Waals surface area contributed by atoms with Gasteiger partial charge in [-0.3, -0.25) is 20.0 Å². The second-order valence-corrected chi connectivity index (χ2v) is 9.83. The van der Waals surface area contributed by atoms with Crippen LogP contribution < -0.4 is 16.5 Å². The summed E-state index contributed by atoms with van der Waals surface area (Å²) in [5, 5.41) is 20.5. The SMILES string of the molecule is CS(=O)(=O)c1ccc(CNN(C(=O)CC(=O)c2ccccc2)[C@@H](CCCNC(=N)N)C(=O)O)cc1. The Bertz CT molecular complexity index is 1150. The fourth-order valence-corrected chi connectivity index (χ4v) is 3.86. The number of nitrogens with one attached hydrogen (secondary N) is 3. The summed E-state index contributed by atoms with van der Waals surface area (Å²) in [6.45, 7) is 0.252. The Balaban J connectivity index is 2.20. The van der Waals surface area contributed by atoms with E-state index in [4.69, 9.17) is 11.1 Å². The molecule has 2 aromatic rings. The molecular weight excluding hydrogens is 474 g/mol. The molecule has 0 spiro atoms. The number of carboxylic acids is 1. The molecule has 2 aromatic carbocycles. The monoisotopic (exact) mass is 503 g/mol. The number of benzene rings is 2. The van der Waals surface area contributed by atoms with Crippen molar-refractivity contribution in [1.29, 1.82) is 5.41 Å². The Labute approximate surface area is 203 Å². The molecular formula is C23H29N5O6S. The molecule has 0 heterocycles. The largest absolute Gasteiger partial charge is 0.480 e. The van der Waals surface area contributed by atoms with Crippen molar-refractivity contribution in [3.8, 4) is 0 Å². The standard InChI is InChI=1S/C23H29N5O6S/c1-35(33,34)18-11-9-16(10-12-18)15-27-28(19(22(31)32)8-5-13-26-23(24)25)21(30)14-20(29)17-6-3-2-4-7-17/h2-4,6-7,9-12,19,27H,5,8,13-15H2,1H3,(H,31,32)(H4,24,25,26)/t19-/m0/s1. The summed E-state index contributed by atoms with van der Waals surface area (Å²) in [5.74, 6) is -2.71. The van der Waals surface area contributed by atoms with Crippen molar-refractivity contribution in [3.63, 3.8) is 0 Å². The van der Waals surface area contributed by atoms with Gasteiger partial charge in [-0.25, -0.2) is 18.6 Å². The molecule has 0 unspecified atom stereocenters. The number of carboxylic acid groups (broad SMARTS) is 1. The van der Waals surface area contributed by atoms with E-state index in [0.29, 0.717) is 11.1 Å². The Morgan fingerprint density at radius 2 is 1.71 bits per heavy atom. The van der Waals surface area contributed by atoms with Crippen LogP contribution >= 0.6 is 0 Å². The number of rotatable bonds is 13. The van der Waals surface area contributed by atoms with Crippen molar-refractivity contribution in [2.75, 3.05) is 12.8 Å². The molecule has 0 aliphatic rings. The van der Waals surface area contributed by atoms with Crippen LogP contribution in [0.3, 0.4) is 0 Å². The molecule has 1 amide bonds. The van der Waals surface area contributed by atoms with Gasteiger partial charge in [-0.05, 0) is 30.5 Å². The van der Waals surface area contributed by atoms with E-state index in [2.05, 4.69) is 10.7 Å².